The molecule has 1 fully saturated rings. The van der Waals surface area contributed by atoms with Crippen LogP contribution in [0.15, 0.2) is 90.7 Å². The molecule has 1 unspecified atom stereocenters. The summed E-state index contributed by atoms with van der Waals surface area (Å²) in [5.41, 5.74) is 6.09. The lowest BCUT2D eigenvalue weighted by molar-refractivity contribution is 0.172. The molecule has 0 bridgehead atoms. The van der Waals surface area contributed by atoms with Gasteiger partial charge in [-0.2, -0.15) is 0 Å². The highest BCUT2D eigenvalue weighted by molar-refractivity contribution is 6.10. The zero-order chi connectivity index (χ0) is 23.3. The van der Waals surface area contributed by atoms with Gasteiger partial charge in [-0.3, -0.25) is 4.99 Å². The molecule has 1 saturated heterocycles. The Balaban J connectivity index is 1.57. The maximum Gasteiger partial charge on any atom is 0.137 e. The molecule has 0 amide bonds. The summed E-state index contributed by atoms with van der Waals surface area (Å²) in [6, 6.07) is 14.6. The number of pyridine rings is 1. The number of hydrogen-bond donors (Lipinski definition) is 2. The van der Waals surface area contributed by atoms with Crippen molar-refractivity contribution in [3.05, 3.63) is 91.3 Å². The summed E-state index contributed by atoms with van der Waals surface area (Å²) in [6.07, 6.45) is 9.88. The highest BCUT2D eigenvalue weighted by atomic mass is 15.2. The molecule has 0 aliphatic carbocycles. The van der Waals surface area contributed by atoms with E-state index < -0.39 is 0 Å². The van der Waals surface area contributed by atoms with Crippen molar-refractivity contribution < 1.29 is 0 Å². The quantitative estimate of drug-likeness (QED) is 0.367. The van der Waals surface area contributed by atoms with Gasteiger partial charge in [0.25, 0.3) is 0 Å². The highest BCUT2D eigenvalue weighted by Gasteiger charge is 2.29. The molecule has 4 rings (SSSR count). The van der Waals surface area contributed by atoms with Crippen molar-refractivity contribution in [1.29, 1.82) is 0 Å². The number of fused-ring (bicyclic) bond motifs is 1. The molecule has 0 saturated carbocycles. The number of H-pyrrole nitrogens is 1. The molecule has 1 aliphatic heterocycles. The molecule has 1 aromatic carbocycles. The van der Waals surface area contributed by atoms with E-state index in [1.165, 1.54) is 6.42 Å². The van der Waals surface area contributed by atoms with Gasteiger partial charge in [-0.05, 0) is 50.6 Å². The molecule has 3 heterocycles. The highest BCUT2D eigenvalue weighted by Crippen LogP contribution is 2.25. The normalized spacial score (nSPS) is 19.3. The summed E-state index contributed by atoms with van der Waals surface area (Å²) < 4.78 is 0. The molecule has 1 aliphatic rings. The van der Waals surface area contributed by atoms with Crippen LogP contribution in [0.1, 0.15) is 25.3 Å². The van der Waals surface area contributed by atoms with Crippen molar-refractivity contribution >= 4 is 16.7 Å². The van der Waals surface area contributed by atoms with Gasteiger partial charge < -0.3 is 15.2 Å². The summed E-state index contributed by atoms with van der Waals surface area (Å²) >= 11 is 0. The van der Waals surface area contributed by atoms with Crippen LogP contribution in [0.3, 0.4) is 0 Å². The molecule has 2 N–H and O–H groups in total. The maximum atomic E-state index is 4.92. The first-order valence-corrected chi connectivity index (χ1v) is 11.5. The summed E-state index contributed by atoms with van der Waals surface area (Å²) in [4.78, 5) is 15.4. The van der Waals surface area contributed by atoms with E-state index in [9.17, 15) is 0 Å². The van der Waals surface area contributed by atoms with Crippen molar-refractivity contribution in [3.8, 4) is 11.3 Å². The number of piperidine rings is 1. The van der Waals surface area contributed by atoms with Gasteiger partial charge in [0.1, 0.15) is 5.65 Å². The molecule has 33 heavy (non-hydrogen) atoms. The third-order valence-corrected chi connectivity index (χ3v) is 6.42. The van der Waals surface area contributed by atoms with Crippen LogP contribution in [0.4, 0.5) is 0 Å². The van der Waals surface area contributed by atoms with Gasteiger partial charge in [-0.25, -0.2) is 4.98 Å². The van der Waals surface area contributed by atoms with Crippen LogP contribution >= 0.6 is 0 Å². The number of nitrogens with zero attached hydrogens (tertiary/aromatic N) is 3. The fourth-order valence-electron chi connectivity index (χ4n) is 4.32. The van der Waals surface area contributed by atoms with Crippen LogP contribution in [0, 0.1) is 0 Å². The molecule has 2 aromatic heterocycles. The van der Waals surface area contributed by atoms with E-state index in [0.29, 0.717) is 6.54 Å². The van der Waals surface area contributed by atoms with Gasteiger partial charge in [0.2, 0.25) is 0 Å². The standard InChI is InChI=1S/C28H33N5/c1-5-6-13-25(30-18-21(2)33-15-10-14-28(3,20-33)29-4)24-16-23-17-26(32-27(23)31-19-24)22-11-8-7-9-12-22/h5-9,11-13,16-17,19,29H,1-2,10,14-15,18,20H2,3-4H3,(H,31,32)/b13-6-,30-25+. The van der Waals surface area contributed by atoms with E-state index in [0.717, 1.165) is 58.8 Å². The van der Waals surface area contributed by atoms with Crippen LogP contribution in [0.5, 0.6) is 0 Å². The molecule has 5 heteroatoms. The summed E-state index contributed by atoms with van der Waals surface area (Å²) in [6.45, 7) is 13.0. The second-order valence-electron chi connectivity index (χ2n) is 8.91. The number of allylic oxidation sites excluding steroid dienone is 3. The SMILES string of the molecule is C=C/C=C\C(=N/CC(=C)N1CCCC(C)(NC)C1)c1cnc2[nH]c(-c3ccccc3)cc2c1. The number of hydrogen-bond acceptors (Lipinski definition) is 4. The van der Waals surface area contributed by atoms with Gasteiger partial charge in [-0.15, -0.1) is 0 Å². The van der Waals surface area contributed by atoms with Crippen molar-refractivity contribution in [2.24, 2.45) is 4.99 Å². The fourth-order valence-corrected chi connectivity index (χ4v) is 4.32. The third-order valence-electron chi connectivity index (χ3n) is 6.42. The molecule has 170 valence electrons. The van der Waals surface area contributed by atoms with Gasteiger partial charge in [0.05, 0.1) is 12.3 Å². The van der Waals surface area contributed by atoms with Crippen LogP contribution in [-0.4, -0.2) is 52.8 Å². The van der Waals surface area contributed by atoms with Gasteiger partial charge in [0.15, 0.2) is 0 Å². The lowest BCUT2D eigenvalue weighted by Crippen LogP contribution is -2.53. The predicted molar refractivity (Wildman–Crippen MR) is 140 cm³/mol. The zero-order valence-corrected chi connectivity index (χ0v) is 19.6. The van der Waals surface area contributed by atoms with E-state index in [2.05, 4.69) is 64.5 Å². The second kappa shape index (κ2) is 10.0. The Labute approximate surface area is 196 Å². The molecule has 1 atom stereocenters. The number of likely N-dealkylation sites (N-methyl/N-ethyl adjacent to an activating group) is 1. The lowest BCUT2D eigenvalue weighted by Gasteiger charge is -2.42. The number of likely N-dealkylation sites (tertiary alicyclic amines) is 1. The number of aliphatic imine (C=N–C) groups is 1. The average molecular weight is 440 g/mol. The minimum Gasteiger partial charge on any atom is -0.372 e. The molecule has 0 radical (unpaired) electrons. The van der Waals surface area contributed by atoms with E-state index in [-0.39, 0.29) is 5.54 Å². The molecular weight excluding hydrogens is 406 g/mol. The number of rotatable bonds is 8. The fraction of sp³-hybridized carbons (Fsp3) is 0.286. The monoisotopic (exact) mass is 439 g/mol. The predicted octanol–water partition coefficient (Wildman–Crippen LogP) is 5.35. The number of aromatic nitrogens is 2. The van der Waals surface area contributed by atoms with Crippen LogP contribution in [0.25, 0.3) is 22.3 Å². The lowest BCUT2D eigenvalue weighted by atomic mass is 9.91. The van der Waals surface area contributed by atoms with Crippen LogP contribution < -0.4 is 5.32 Å². The Hall–Kier alpha value is -3.44. The molecule has 0 spiro atoms. The number of aromatic amines is 1. The van der Waals surface area contributed by atoms with E-state index in [1.807, 2.05) is 43.6 Å². The smallest absolute Gasteiger partial charge is 0.137 e. The van der Waals surface area contributed by atoms with Gasteiger partial charge >= 0.3 is 0 Å². The summed E-state index contributed by atoms with van der Waals surface area (Å²) in [7, 11) is 2.04. The Morgan fingerprint density at radius 1 is 1.30 bits per heavy atom. The first-order valence-electron chi connectivity index (χ1n) is 11.5. The first kappa shape index (κ1) is 22.7. The van der Waals surface area contributed by atoms with Crippen molar-refractivity contribution in [2.75, 3.05) is 26.7 Å². The Bertz CT molecular complexity index is 1190. The van der Waals surface area contributed by atoms with Gasteiger partial charge in [-0.1, -0.05) is 55.6 Å². The van der Waals surface area contributed by atoms with Crippen molar-refractivity contribution in [2.45, 2.75) is 25.3 Å². The molecule has 3 aromatic rings. The Kier molecular flexibility index (Phi) is 6.90. The topological polar surface area (TPSA) is 56.3 Å². The zero-order valence-electron chi connectivity index (χ0n) is 19.6. The second-order valence-corrected chi connectivity index (χ2v) is 8.91. The Morgan fingerprint density at radius 3 is 2.88 bits per heavy atom. The van der Waals surface area contributed by atoms with Crippen molar-refractivity contribution in [1.82, 2.24) is 20.2 Å². The minimum atomic E-state index is 0.121. The minimum absolute atomic E-state index is 0.121. The third kappa shape index (κ3) is 5.32. The average Bonchev–Trinajstić information content (AvgIpc) is 3.28. The van der Waals surface area contributed by atoms with E-state index >= 15 is 0 Å². The largest absolute Gasteiger partial charge is 0.372 e. The van der Waals surface area contributed by atoms with Gasteiger partial charge in [0, 0.05) is 47.2 Å². The molecular formula is C28H33N5. The van der Waals surface area contributed by atoms with E-state index in [1.54, 1.807) is 6.08 Å². The Morgan fingerprint density at radius 2 is 2.12 bits per heavy atom. The first-order chi connectivity index (χ1) is 16.0. The summed E-state index contributed by atoms with van der Waals surface area (Å²) in [5, 5.41) is 4.52. The van der Waals surface area contributed by atoms with Crippen LogP contribution in [0.2, 0.25) is 0 Å². The number of benzene rings is 1. The van der Waals surface area contributed by atoms with Crippen molar-refractivity contribution in [3.63, 3.8) is 0 Å². The van der Waals surface area contributed by atoms with Crippen LogP contribution in [-0.2, 0) is 0 Å². The van der Waals surface area contributed by atoms with E-state index in [4.69, 9.17) is 4.99 Å². The molecule has 5 nitrogen and oxygen atoms in total. The number of nitrogens with one attached hydrogen (secondary N) is 2. The summed E-state index contributed by atoms with van der Waals surface area (Å²) in [5.74, 6) is 0. The maximum absolute atomic E-state index is 4.92.